The van der Waals surface area contributed by atoms with E-state index in [2.05, 4.69) is 4.72 Å². The van der Waals surface area contributed by atoms with Crippen molar-refractivity contribution in [1.29, 1.82) is 0 Å². The third-order valence-electron chi connectivity index (χ3n) is 3.51. The Labute approximate surface area is 162 Å². The lowest BCUT2D eigenvalue weighted by Crippen LogP contribution is -2.52. The van der Waals surface area contributed by atoms with Gasteiger partial charge in [0.25, 0.3) is 5.91 Å². The molecule has 1 aromatic carbocycles. The maximum absolute atomic E-state index is 12.7. The standard InChI is InChI=1S/C15H14ClF3N2O4S2/c1-14(23,15(17,18)19)13(22)21-12-5-4-10(7-11(12)16)27(24,25)20-8-9-3-2-6-26-9/h2-7,20,23H,8H2,1H3,(H,21,22). The average Bonchev–Trinajstić information content (AvgIpc) is 3.07. The highest BCUT2D eigenvalue weighted by molar-refractivity contribution is 7.89. The second-order valence-electron chi connectivity index (χ2n) is 5.57. The number of benzene rings is 1. The van der Waals surface area contributed by atoms with Crippen molar-refractivity contribution in [2.24, 2.45) is 0 Å². The Balaban J connectivity index is 2.16. The topological polar surface area (TPSA) is 95.5 Å². The summed E-state index contributed by atoms with van der Waals surface area (Å²) in [7, 11) is -3.93. The van der Waals surface area contributed by atoms with E-state index in [9.17, 15) is 31.5 Å². The molecule has 12 heteroatoms. The van der Waals surface area contributed by atoms with E-state index in [1.54, 1.807) is 17.5 Å². The van der Waals surface area contributed by atoms with Crippen molar-refractivity contribution < 1.29 is 31.5 Å². The number of rotatable bonds is 6. The molecule has 1 aromatic heterocycles. The number of halogens is 4. The SMILES string of the molecule is CC(O)(C(=O)Nc1ccc(S(=O)(=O)NCc2cccs2)cc1Cl)C(F)(F)F. The number of alkyl halides is 3. The molecule has 27 heavy (non-hydrogen) atoms. The molecular weight excluding hydrogens is 429 g/mol. The van der Waals surface area contributed by atoms with Crippen molar-refractivity contribution in [3.05, 3.63) is 45.6 Å². The first-order valence-electron chi connectivity index (χ1n) is 7.27. The van der Waals surface area contributed by atoms with Crippen molar-refractivity contribution in [2.45, 2.75) is 30.1 Å². The molecule has 1 unspecified atom stereocenters. The molecule has 0 aliphatic rings. The highest BCUT2D eigenvalue weighted by Gasteiger charge is 2.55. The summed E-state index contributed by atoms with van der Waals surface area (Å²) in [6.45, 7) is 0.355. The highest BCUT2D eigenvalue weighted by atomic mass is 35.5. The third-order valence-corrected chi connectivity index (χ3v) is 6.10. The molecule has 0 saturated heterocycles. The molecule has 0 aliphatic carbocycles. The zero-order chi connectivity index (χ0) is 20.5. The van der Waals surface area contributed by atoms with E-state index in [0.29, 0.717) is 6.92 Å². The minimum atomic E-state index is -5.20. The fraction of sp³-hybridized carbons (Fsp3) is 0.267. The zero-order valence-electron chi connectivity index (χ0n) is 13.7. The maximum atomic E-state index is 12.7. The molecule has 0 saturated carbocycles. The van der Waals surface area contributed by atoms with E-state index in [1.807, 2.05) is 5.32 Å². The number of nitrogens with one attached hydrogen (secondary N) is 2. The van der Waals surface area contributed by atoms with Crippen molar-refractivity contribution in [2.75, 3.05) is 5.32 Å². The van der Waals surface area contributed by atoms with Gasteiger partial charge in [0.1, 0.15) is 0 Å². The van der Waals surface area contributed by atoms with E-state index >= 15 is 0 Å². The van der Waals surface area contributed by atoms with E-state index in [4.69, 9.17) is 11.6 Å². The van der Waals surface area contributed by atoms with Crippen LogP contribution in [0.25, 0.3) is 0 Å². The minimum Gasteiger partial charge on any atom is -0.373 e. The second-order valence-corrected chi connectivity index (χ2v) is 8.78. The lowest BCUT2D eigenvalue weighted by molar-refractivity contribution is -0.242. The fourth-order valence-corrected chi connectivity index (χ4v) is 3.86. The van der Waals surface area contributed by atoms with Gasteiger partial charge in [-0.3, -0.25) is 4.79 Å². The van der Waals surface area contributed by atoms with Gasteiger partial charge in [0, 0.05) is 11.4 Å². The maximum Gasteiger partial charge on any atom is 0.426 e. The molecule has 0 spiro atoms. The number of hydrogen-bond acceptors (Lipinski definition) is 5. The normalized spacial score (nSPS) is 14.6. The van der Waals surface area contributed by atoms with E-state index < -0.39 is 27.7 Å². The van der Waals surface area contributed by atoms with Crippen LogP contribution in [-0.4, -0.2) is 31.2 Å². The summed E-state index contributed by atoms with van der Waals surface area (Å²) in [6.07, 6.45) is -5.20. The first kappa shape index (κ1) is 21.6. The number of carbonyl (C=O) groups excluding carboxylic acids is 1. The van der Waals surface area contributed by atoms with Gasteiger partial charge < -0.3 is 10.4 Å². The molecule has 148 valence electrons. The Hall–Kier alpha value is -1.66. The summed E-state index contributed by atoms with van der Waals surface area (Å²) in [5.41, 5.74) is -3.91. The molecule has 1 heterocycles. The number of amides is 1. The quantitative estimate of drug-likeness (QED) is 0.640. The first-order valence-corrected chi connectivity index (χ1v) is 10.0. The smallest absolute Gasteiger partial charge is 0.373 e. The van der Waals surface area contributed by atoms with Gasteiger partial charge >= 0.3 is 6.18 Å². The molecule has 0 bridgehead atoms. The summed E-state index contributed by atoms with van der Waals surface area (Å²) in [6, 6.07) is 6.59. The van der Waals surface area contributed by atoms with E-state index in [-0.39, 0.29) is 22.2 Å². The number of thiophene rings is 1. The van der Waals surface area contributed by atoms with Crippen LogP contribution in [0.15, 0.2) is 40.6 Å². The largest absolute Gasteiger partial charge is 0.426 e. The first-order chi connectivity index (χ1) is 12.3. The predicted octanol–water partition coefficient (Wildman–Crippen LogP) is 3.13. The Morgan fingerprint density at radius 1 is 1.30 bits per heavy atom. The molecule has 0 radical (unpaired) electrons. The van der Waals surface area contributed by atoms with E-state index in [1.165, 1.54) is 11.3 Å². The molecule has 1 amide bonds. The fourth-order valence-electron chi connectivity index (χ4n) is 1.80. The van der Waals surface area contributed by atoms with Crippen LogP contribution >= 0.6 is 22.9 Å². The van der Waals surface area contributed by atoms with Crippen LogP contribution in [0.5, 0.6) is 0 Å². The Morgan fingerprint density at radius 2 is 1.96 bits per heavy atom. The van der Waals surface area contributed by atoms with Gasteiger partial charge in [-0.15, -0.1) is 11.3 Å². The molecule has 3 N–H and O–H groups in total. The van der Waals surface area contributed by atoms with Gasteiger partial charge in [-0.05, 0) is 36.6 Å². The number of hydrogen-bond donors (Lipinski definition) is 3. The van der Waals surface area contributed by atoms with Crippen LogP contribution in [0.1, 0.15) is 11.8 Å². The van der Waals surface area contributed by atoms with Crippen LogP contribution < -0.4 is 10.0 Å². The highest BCUT2D eigenvalue weighted by Crippen LogP contribution is 2.32. The van der Waals surface area contributed by atoms with Gasteiger partial charge in [0.15, 0.2) is 0 Å². The summed E-state index contributed by atoms with van der Waals surface area (Å²) < 4.78 is 64.9. The van der Waals surface area contributed by atoms with Crippen molar-refractivity contribution in [3.8, 4) is 0 Å². The van der Waals surface area contributed by atoms with Crippen LogP contribution in [0.4, 0.5) is 18.9 Å². The number of anilines is 1. The monoisotopic (exact) mass is 442 g/mol. The Morgan fingerprint density at radius 3 is 2.48 bits per heavy atom. The second kappa shape index (κ2) is 7.76. The number of sulfonamides is 1. The van der Waals surface area contributed by atoms with Gasteiger partial charge in [-0.25, -0.2) is 13.1 Å². The summed E-state index contributed by atoms with van der Waals surface area (Å²) in [5, 5.41) is 12.6. The molecule has 2 aromatic rings. The summed E-state index contributed by atoms with van der Waals surface area (Å²) in [5.74, 6) is -1.75. The molecule has 2 rings (SSSR count). The number of carbonyl (C=O) groups is 1. The molecule has 0 aliphatic heterocycles. The minimum absolute atomic E-state index is 0.0601. The van der Waals surface area contributed by atoms with Crippen LogP contribution in [0, 0.1) is 0 Å². The number of aliphatic hydroxyl groups is 1. The predicted molar refractivity (Wildman–Crippen MR) is 95.1 cm³/mol. The van der Waals surface area contributed by atoms with Crippen molar-refractivity contribution >= 4 is 44.6 Å². The van der Waals surface area contributed by atoms with Crippen LogP contribution in [0.2, 0.25) is 5.02 Å². The van der Waals surface area contributed by atoms with E-state index in [0.717, 1.165) is 23.1 Å². The lowest BCUT2D eigenvalue weighted by atomic mass is 10.1. The van der Waals surface area contributed by atoms with Crippen molar-refractivity contribution in [1.82, 2.24) is 4.72 Å². The Bertz CT molecular complexity index is 929. The van der Waals surface area contributed by atoms with Crippen LogP contribution in [0.3, 0.4) is 0 Å². The average molecular weight is 443 g/mol. The summed E-state index contributed by atoms with van der Waals surface area (Å²) in [4.78, 5) is 12.2. The molecule has 0 fully saturated rings. The van der Waals surface area contributed by atoms with Gasteiger partial charge in [0.2, 0.25) is 15.6 Å². The van der Waals surface area contributed by atoms with Gasteiger partial charge in [-0.1, -0.05) is 17.7 Å². The third kappa shape index (κ3) is 4.99. The lowest BCUT2D eigenvalue weighted by Gasteiger charge is -2.25. The molecule has 6 nitrogen and oxygen atoms in total. The zero-order valence-corrected chi connectivity index (χ0v) is 16.1. The molecular formula is C15H14ClF3N2O4S2. The summed E-state index contributed by atoms with van der Waals surface area (Å²) >= 11 is 7.24. The van der Waals surface area contributed by atoms with Gasteiger partial charge in [-0.2, -0.15) is 13.2 Å². The Kier molecular flexibility index (Phi) is 6.22. The van der Waals surface area contributed by atoms with Crippen molar-refractivity contribution in [3.63, 3.8) is 0 Å². The van der Waals surface area contributed by atoms with Gasteiger partial charge in [0.05, 0.1) is 15.6 Å². The molecule has 1 atom stereocenters. The van der Waals surface area contributed by atoms with Crippen LogP contribution in [-0.2, 0) is 21.4 Å².